The maximum atomic E-state index is 14.5. The summed E-state index contributed by atoms with van der Waals surface area (Å²) < 4.78 is 0. The fourth-order valence-electron chi connectivity index (χ4n) is 11.4. The van der Waals surface area contributed by atoms with Crippen LogP contribution >= 0.6 is 0 Å². The Morgan fingerprint density at radius 2 is 0.890 bits per heavy atom. The molecule has 4 heterocycles. The van der Waals surface area contributed by atoms with Crippen molar-refractivity contribution < 1.29 is 62.6 Å². The fraction of sp³-hybridized carbons (Fsp3) is 0.567. The Labute approximate surface area is 527 Å². The molecule has 4 aliphatic rings. The zero-order chi connectivity index (χ0) is 66.1. The van der Waals surface area contributed by atoms with E-state index in [0.717, 1.165) is 0 Å². The molecule has 0 unspecified atom stereocenters. The molecule has 0 bridgehead atoms. The Balaban J connectivity index is 1.30. The number of hydrogen-bond acceptors (Lipinski definition) is 15. The Morgan fingerprint density at radius 1 is 0.484 bits per heavy atom. The van der Waals surface area contributed by atoms with Gasteiger partial charge in [0.2, 0.25) is 70.9 Å². The number of aliphatic hydroxyl groups is 1. The Kier molecular flexibility index (Phi) is 27.3. The molecule has 31 nitrogen and oxygen atoms in total. The number of aliphatic hydroxyl groups excluding tert-OH is 1. The second kappa shape index (κ2) is 35.1. The van der Waals surface area contributed by atoms with Crippen LogP contribution in [0.5, 0.6) is 0 Å². The SMILES string of the molecule is CC[C@H](C)[C@@H]1NC(=O)CNC(=O)[C@H](CCCN=C(N)N)NC(=O)[C@H](Cc2ccccc2)NC(=O)[C@@H]2CCCN2C(=O)[C@H](CO)NC(=O)[C@H](Cc2ccccc2)NC(=O)CNC(=O)[C@@H]2CCCN2C(=O)[C@@H]2CCCN2C(=O)[C@H](CCCN=C(N)N)NC(=O)CNC1=O. The predicted molar refractivity (Wildman–Crippen MR) is 331 cm³/mol. The highest BCUT2D eigenvalue weighted by molar-refractivity contribution is 6.00. The smallest absolute Gasteiger partial charge is 0.248 e. The average Bonchev–Trinajstić information content (AvgIpc) is 1.82. The molecule has 0 saturated carbocycles. The van der Waals surface area contributed by atoms with Crippen molar-refractivity contribution >= 4 is 82.8 Å². The molecule has 31 heteroatoms. The summed E-state index contributed by atoms with van der Waals surface area (Å²) in [5.74, 6) is -10.2. The van der Waals surface area contributed by atoms with Crippen molar-refractivity contribution in [2.75, 3.05) is 59.0 Å². The lowest BCUT2D eigenvalue weighted by molar-refractivity contribution is -0.148. The molecule has 4 saturated heterocycles. The van der Waals surface area contributed by atoms with Gasteiger partial charge in [0.25, 0.3) is 0 Å². The zero-order valence-corrected chi connectivity index (χ0v) is 51.5. The van der Waals surface area contributed by atoms with Crippen LogP contribution in [0.1, 0.15) is 95.6 Å². The molecule has 12 amide bonds. The summed E-state index contributed by atoms with van der Waals surface area (Å²) in [6.07, 6.45) is 2.11. The average molecular weight is 1270 g/mol. The van der Waals surface area contributed by atoms with Crippen molar-refractivity contribution in [3.8, 4) is 0 Å². The van der Waals surface area contributed by atoms with Gasteiger partial charge in [-0.3, -0.25) is 67.5 Å². The van der Waals surface area contributed by atoms with Crippen LogP contribution in [0.15, 0.2) is 70.6 Å². The van der Waals surface area contributed by atoms with Crippen LogP contribution in [-0.2, 0) is 70.4 Å². The topological polar surface area (TPSA) is 472 Å². The Hall–Kier alpha value is -9.42. The van der Waals surface area contributed by atoms with Gasteiger partial charge in [0.1, 0.15) is 54.4 Å². The van der Waals surface area contributed by atoms with Gasteiger partial charge < -0.3 is 90.6 Å². The Morgan fingerprint density at radius 3 is 1.41 bits per heavy atom. The standard InChI is InChI=1S/C60H88N18O13/c1-3-35(2)49-55(88)69-32-46(80)70-39(20-11-25-66-60(63)64)56(89)78-28-14-23-45(78)58(91)77-27-12-21-43(77)53(86)68-31-47(81)71-40(29-36-15-6-4-7-16-36)51(84)74-42(34-79)57(90)76-26-13-22-44(76)54(87)73-41(30-37-17-8-5-9-18-37)52(85)72-38(19-10-24-65-59(61)62)50(83)67-33-48(82)75-49/h4-9,15-18,35,38-45,49,79H,3,10-14,19-34H2,1-2H3,(H,67,83)(H,68,86)(H,69,88)(H,70,80)(H,71,81)(H,72,85)(H,73,87)(H,74,84)(H,75,82)(H4,61,62,65)(H4,63,64,66)/t35-,38-,39-,40-,41-,42-,43-,44-,45-,49-/m0/s1. The van der Waals surface area contributed by atoms with Crippen LogP contribution in [0, 0.1) is 5.92 Å². The first-order chi connectivity index (χ1) is 43.6. The van der Waals surface area contributed by atoms with E-state index >= 15 is 0 Å². The van der Waals surface area contributed by atoms with E-state index in [-0.39, 0.29) is 102 Å². The lowest BCUT2D eigenvalue weighted by Crippen LogP contribution is -2.60. The minimum atomic E-state index is -1.63. The molecule has 6 rings (SSSR count). The number of nitrogens with one attached hydrogen (secondary N) is 9. The maximum absolute atomic E-state index is 14.5. The van der Waals surface area contributed by atoms with Gasteiger partial charge in [-0.05, 0) is 81.3 Å². The summed E-state index contributed by atoms with van der Waals surface area (Å²) in [7, 11) is 0. The first-order valence-electron chi connectivity index (χ1n) is 30.9. The van der Waals surface area contributed by atoms with Gasteiger partial charge in [-0.2, -0.15) is 0 Å². The maximum Gasteiger partial charge on any atom is 0.248 e. The number of nitrogens with two attached hydrogens (primary N) is 4. The molecule has 4 aliphatic heterocycles. The molecule has 496 valence electrons. The molecule has 2 aromatic carbocycles. The lowest BCUT2D eigenvalue weighted by Gasteiger charge is -2.33. The number of aliphatic imine (C=N–C) groups is 2. The molecular formula is C60H88N18O13. The van der Waals surface area contributed by atoms with Gasteiger partial charge in [0.05, 0.1) is 26.2 Å². The molecule has 4 fully saturated rings. The number of carbonyl (C=O) groups excluding carboxylic acids is 12. The van der Waals surface area contributed by atoms with Gasteiger partial charge in [-0.1, -0.05) is 80.9 Å². The van der Waals surface area contributed by atoms with Gasteiger partial charge in [0, 0.05) is 45.6 Å². The normalized spacial score (nSPS) is 25.6. The largest absolute Gasteiger partial charge is 0.394 e. The monoisotopic (exact) mass is 1270 g/mol. The van der Waals surface area contributed by atoms with Crippen LogP contribution in [0.2, 0.25) is 0 Å². The quantitative estimate of drug-likeness (QED) is 0.0451. The summed E-state index contributed by atoms with van der Waals surface area (Å²) in [4.78, 5) is 181. The zero-order valence-electron chi connectivity index (χ0n) is 51.5. The first-order valence-corrected chi connectivity index (χ1v) is 30.9. The van der Waals surface area contributed by atoms with Crippen LogP contribution in [0.4, 0.5) is 0 Å². The highest BCUT2D eigenvalue weighted by Gasteiger charge is 2.45. The van der Waals surface area contributed by atoms with E-state index in [1.807, 2.05) is 0 Å². The molecule has 0 aromatic heterocycles. The Bertz CT molecular complexity index is 2970. The van der Waals surface area contributed by atoms with Gasteiger partial charge in [0.15, 0.2) is 11.9 Å². The second-order valence-electron chi connectivity index (χ2n) is 23.0. The van der Waals surface area contributed by atoms with Gasteiger partial charge >= 0.3 is 0 Å². The number of guanidine groups is 2. The van der Waals surface area contributed by atoms with Crippen LogP contribution < -0.4 is 70.8 Å². The minimum Gasteiger partial charge on any atom is -0.394 e. The molecule has 2 aromatic rings. The fourth-order valence-corrected chi connectivity index (χ4v) is 11.4. The predicted octanol–water partition coefficient (Wildman–Crippen LogP) is -5.14. The number of fused-ring (bicyclic) bond motifs is 3. The summed E-state index contributed by atoms with van der Waals surface area (Å²) in [5.41, 5.74) is 23.4. The van der Waals surface area contributed by atoms with Gasteiger partial charge in [-0.15, -0.1) is 0 Å². The summed E-state index contributed by atoms with van der Waals surface area (Å²) in [6, 6.07) is 5.63. The number of amides is 12. The molecule has 0 spiro atoms. The number of nitrogens with zero attached hydrogens (tertiary/aromatic N) is 5. The molecule has 18 N–H and O–H groups in total. The van der Waals surface area contributed by atoms with E-state index in [9.17, 15) is 62.6 Å². The molecule has 91 heavy (non-hydrogen) atoms. The van der Waals surface area contributed by atoms with E-state index in [4.69, 9.17) is 22.9 Å². The molecular weight excluding hydrogens is 1180 g/mol. The second-order valence-corrected chi connectivity index (χ2v) is 23.0. The number of hydrogen-bond donors (Lipinski definition) is 14. The first kappa shape index (κ1) is 70.7. The van der Waals surface area contributed by atoms with E-state index < -0.39 is 157 Å². The third kappa shape index (κ3) is 21.1. The number of carbonyl (C=O) groups is 12. The number of rotatable bonds is 15. The summed E-state index contributed by atoms with van der Waals surface area (Å²) in [6.45, 7) is 0.915. The van der Waals surface area contributed by atoms with E-state index in [1.165, 1.54) is 14.7 Å². The van der Waals surface area contributed by atoms with Crippen molar-refractivity contribution in [3.05, 3.63) is 71.8 Å². The van der Waals surface area contributed by atoms with Crippen LogP contribution in [-0.4, -0.2) is 216 Å². The van der Waals surface area contributed by atoms with Crippen molar-refractivity contribution in [1.82, 2.24) is 62.6 Å². The summed E-state index contributed by atoms with van der Waals surface area (Å²) in [5, 5.41) is 34.2. The summed E-state index contributed by atoms with van der Waals surface area (Å²) >= 11 is 0. The van der Waals surface area contributed by atoms with Crippen LogP contribution in [0.25, 0.3) is 0 Å². The third-order valence-electron chi connectivity index (χ3n) is 16.4. The highest BCUT2D eigenvalue weighted by atomic mass is 16.3. The molecule has 10 atom stereocenters. The molecule has 0 aliphatic carbocycles. The minimum absolute atomic E-state index is 0.000537. The highest BCUT2D eigenvalue weighted by Crippen LogP contribution is 2.27. The van der Waals surface area contributed by atoms with Crippen molar-refractivity contribution in [1.29, 1.82) is 0 Å². The van der Waals surface area contributed by atoms with Gasteiger partial charge in [-0.25, -0.2) is 0 Å². The van der Waals surface area contributed by atoms with Crippen molar-refractivity contribution in [2.24, 2.45) is 38.8 Å². The molecule has 0 radical (unpaired) electrons. The van der Waals surface area contributed by atoms with E-state index in [2.05, 4.69) is 57.8 Å². The van der Waals surface area contributed by atoms with E-state index in [0.29, 0.717) is 36.8 Å². The van der Waals surface area contributed by atoms with E-state index in [1.54, 1.807) is 74.5 Å². The van der Waals surface area contributed by atoms with Crippen LogP contribution in [0.3, 0.4) is 0 Å². The third-order valence-corrected chi connectivity index (χ3v) is 16.4. The van der Waals surface area contributed by atoms with Crippen molar-refractivity contribution in [3.63, 3.8) is 0 Å². The lowest BCUT2D eigenvalue weighted by atomic mass is 9.98. The number of benzene rings is 2. The van der Waals surface area contributed by atoms with Crippen molar-refractivity contribution in [2.45, 2.75) is 152 Å².